The van der Waals surface area contributed by atoms with Crippen molar-refractivity contribution in [2.75, 3.05) is 20.1 Å². The first-order valence-electron chi connectivity index (χ1n) is 6.65. The van der Waals surface area contributed by atoms with Gasteiger partial charge in [-0.25, -0.2) is 0 Å². The molecule has 1 heterocycles. The van der Waals surface area contributed by atoms with E-state index < -0.39 is 0 Å². The Hall–Kier alpha value is -0.930. The van der Waals surface area contributed by atoms with E-state index in [9.17, 15) is 0 Å². The summed E-state index contributed by atoms with van der Waals surface area (Å²) in [6.45, 7) is 3.39. The Kier molecular flexibility index (Phi) is 4.95. The quantitative estimate of drug-likeness (QED) is 0.697. The van der Waals surface area contributed by atoms with Crippen molar-refractivity contribution >= 4 is 0 Å². The predicted molar refractivity (Wildman–Crippen MR) is 70.8 cm³/mol. The first-order chi connectivity index (χ1) is 8.34. The molecule has 0 spiro atoms. The molecule has 1 aliphatic carbocycles. The molecule has 1 aromatic heterocycles. The highest BCUT2D eigenvalue weighted by Crippen LogP contribution is 2.18. The summed E-state index contributed by atoms with van der Waals surface area (Å²) < 4.78 is 0. The summed E-state index contributed by atoms with van der Waals surface area (Å²) in [4.78, 5) is 6.42. The molecule has 0 atom stereocenters. The van der Waals surface area contributed by atoms with Gasteiger partial charge in [-0.2, -0.15) is 0 Å². The Bertz CT molecular complexity index is 309. The predicted octanol–water partition coefficient (Wildman–Crippen LogP) is 2.05. The van der Waals surface area contributed by atoms with Crippen LogP contribution in [0.2, 0.25) is 0 Å². The van der Waals surface area contributed by atoms with Crippen LogP contribution in [-0.2, 0) is 6.54 Å². The van der Waals surface area contributed by atoms with Crippen molar-refractivity contribution < 1.29 is 0 Å². The van der Waals surface area contributed by atoms with Gasteiger partial charge in [0, 0.05) is 25.0 Å². The fourth-order valence-corrected chi connectivity index (χ4v) is 1.98. The van der Waals surface area contributed by atoms with Gasteiger partial charge in [0.15, 0.2) is 0 Å². The topological polar surface area (TPSA) is 28.2 Å². The largest absolute Gasteiger partial charge is 0.314 e. The Labute approximate surface area is 104 Å². The number of aromatic nitrogens is 1. The van der Waals surface area contributed by atoms with Crippen molar-refractivity contribution in [2.24, 2.45) is 0 Å². The van der Waals surface area contributed by atoms with Crippen LogP contribution in [0.25, 0.3) is 0 Å². The molecule has 0 radical (unpaired) electrons. The lowest BCUT2D eigenvalue weighted by Gasteiger charge is -2.16. The smallest absolute Gasteiger partial charge is 0.0271 e. The lowest BCUT2D eigenvalue weighted by atomic mass is 10.2. The average molecular weight is 233 g/mol. The van der Waals surface area contributed by atoms with Crippen LogP contribution in [0.3, 0.4) is 0 Å². The second-order valence-corrected chi connectivity index (χ2v) is 5.03. The summed E-state index contributed by atoms with van der Waals surface area (Å²) in [5.74, 6) is 0. The van der Waals surface area contributed by atoms with E-state index in [1.807, 2.05) is 12.4 Å². The van der Waals surface area contributed by atoms with Crippen molar-refractivity contribution in [3.8, 4) is 0 Å². The van der Waals surface area contributed by atoms with E-state index in [-0.39, 0.29) is 0 Å². The van der Waals surface area contributed by atoms with E-state index in [2.05, 4.69) is 34.4 Å². The van der Waals surface area contributed by atoms with Crippen molar-refractivity contribution in [1.82, 2.24) is 15.2 Å². The van der Waals surface area contributed by atoms with Gasteiger partial charge >= 0.3 is 0 Å². The van der Waals surface area contributed by atoms with Crippen molar-refractivity contribution in [3.63, 3.8) is 0 Å². The molecule has 17 heavy (non-hydrogen) atoms. The van der Waals surface area contributed by atoms with E-state index in [1.54, 1.807) is 0 Å². The van der Waals surface area contributed by atoms with Crippen LogP contribution in [0, 0.1) is 0 Å². The second-order valence-electron chi connectivity index (χ2n) is 5.03. The molecular formula is C14H23N3. The number of unbranched alkanes of at least 4 members (excludes halogenated alkanes) is 1. The SMILES string of the molecule is CN(CCCCNC1CC1)Cc1ccncc1. The van der Waals surface area contributed by atoms with E-state index >= 15 is 0 Å². The highest BCUT2D eigenvalue weighted by molar-refractivity contribution is 5.09. The van der Waals surface area contributed by atoms with E-state index in [4.69, 9.17) is 0 Å². The summed E-state index contributed by atoms with van der Waals surface area (Å²) in [7, 11) is 2.19. The van der Waals surface area contributed by atoms with Gasteiger partial charge < -0.3 is 10.2 Å². The number of rotatable bonds is 8. The molecule has 94 valence electrons. The molecule has 1 fully saturated rings. The summed E-state index contributed by atoms with van der Waals surface area (Å²) in [6.07, 6.45) is 9.08. The minimum atomic E-state index is 0.851. The second kappa shape index (κ2) is 6.72. The molecule has 0 aliphatic heterocycles. The number of pyridine rings is 1. The number of hydrogen-bond acceptors (Lipinski definition) is 3. The zero-order valence-corrected chi connectivity index (χ0v) is 10.7. The maximum Gasteiger partial charge on any atom is 0.0271 e. The van der Waals surface area contributed by atoms with Crippen LogP contribution in [0.5, 0.6) is 0 Å². The molecule has 0 unspecified atom stereocenters. The van der Waals surface area contributed by atoms with Crippen molar-refractivity contribution in [1.29, 1.82) is 0 Å². The van der Waals surface area contributed by atoms with E-state index in [0.29, 0.717) is 0 Å². The van der Waals surface area contributed by atoms with Crippen LogP contribution in [-0.4, -0.2) is 36.1 Å². The maximum atomic E-state index is 4.03. The molecule has 0 bridgehead atoms. The zero-order chi connectivity index (χ0) is 11.9. The van der Waals surface area contributed by atoms with Crippen LogP contribution >= 0.6 is 0 Å². The lowest BCUT2D eigenvalue weighted by molar-refractivity contribution is 0.317. The van der Waals surface area contributed by atoms with Gasteiger partial charge in [-0.05, 0) is 63.5 Å². The van der Waals surface area contributed by atoms with Gasteiger partial charge in [0.2, 0.25) is 0 Å². The van der Waals surface area contributed by atoms with E-state index in [0.717, 1.165) is 12.6 Å². The van der Waals surface area contributed by atoms with Crippen molar-refractivity contribution in [2.45, 2.75) is 38.3 Å². The molecule has 3 nitrogen and oxygen atoms in total. The first kappa shape index (κ1) is 12.5. The molecule has 1 saturated carbocycles. The fraction of sp³-hybridized carbons (Fsp3) is 0.643. The molecule has 3 heteroatoms. The van der Waals surface area contributed by atoms with Crippen molar-refractivity contribution in [3.05, 3.63) is 30.1 Å². The zero-order valence-electron chi connectivity index (χ0n) is 10.7. The van der Waals surface area contributed by atoms with Crippen LogP contribution in [0.4, 0.5) is 0 Å². The molecule has 0 aromatic carbocycles. The molecule has 1 aromatic rings. The number of nitrogens with zero attached hydrogens (tertiary/aromatic N) is 2. The third-order valence-electron chi connectivity index (χ3n) is 3.18. The Morgan fingerprint density at radius 2 is 2.06 bits per heavy atom. The third kappa shape index (κ3) is 5.29. The molecule has 0 amide bonds. The van der Waals surface area contributed by atoms with Gasteiger partial charge in [-0.1, -0.05) is 0 Å². The van der Waals surface area contributed by atoms with Gasteiger partial charge in [-0.3, -0.25) is 4.98 Å². The summed E-state index contributed by atoms with van der Waals surface area (Å²) in [5.41, 5.74) is 1.35. The fourth-order valence-electron chi connectivity index (χ4n) is 1.98. The summed E-state index contributed by atoms with van der Waals surface area (Å²) in [5, 5.41) is 3.55. The molecule has 0 saturated heterocycles. The number of hydrogen-bond donors (Lipinski definition) is 1. The summed E-state index contributed by atoms with van der Waals surface area (Å²) in [6, 6.07) is 5.03. The molecule has 2 rings (SSSR count). The van der Waals surface area contributed by atoms with Gasteiger partial charge in [0.1, 0.15) is 0 Å². The Morgan fingerprint density at radius 3 is 2.76 bits per heavy atom. The Morgan fingerprint density at radius 1 is 1.29 bits per heavy atom. The number of nitrogens with one attached hydrogen (secondary N) is 1. The minimum absolute atomic E-state index is 0.851. The molecule has 1 aliphatic rings. The monoisotopic (exact) mass is 233 g/mol. The van der Waals surface area contributed by atoms with Crippen LogP contribution < -0.4 is 5.32 Å². The Balaban J connectivity index is 1.52. The highest BCUT2D eigenvalue weighted by Gasteiger charge is 2.19. The highest BCUT2D eigenvalue weighted by atomic mass is 15.1. The van der Waals surface area contributed by atoms with Gasteiger partial charge in [0.05, 0.1) is 0 Å². The normalized spacial score (nSPS) is 15.4. The van der Waals surface area contributed by atoms with Gasteiger partial charge in [0.25, 0.3) is 0 Å². The maximum absolute atomic E-state index is 4.03. The molecule has 1 N–H and O–H groups in total. The minimum Gasteiger partial charge on any atom is -0.314 e. The van der Waals surface area contributed by atoms with E-state index in [1.165, 1.54) is 44.3 Å². The molecular weight excluding hydrogens is 210 g/mol. The lowest BCUT2D eigenvalue weighted by Crippen LogP contribution is -2.22. The average Bonchev–Trinajstić information content (AvgIpc) is 3.14. The first-order valence-corrected chi connectivity index (χ1v) is 6.65. The van der Waals surface area contributed by atoms with Crippen LogP contribution in [0.1, 0.15) is 31.2 Å². The third-order valence-corrected chi connectivity index (χ3v) is 3.18. The van der Waals surface area contributed by atoms with Gasteiger partial charge in [-0.15, -0.1) is 0 Å². The standard InChI is InChI=1S/C14H23N3/c1-17(12-13-6-9-15-10-7-13)11-3-2-8-16-14-4-5-14/h6-7,9-10,14,16H,2-5,8,11-12H2,1H3. The van der Waals surface area contributed by atoms with Crippen LogP contribution in [0.15, 0.2) is 24.5 Å². The summed E-state index contributed by atoms with van der Waals surface area (Å²) >= 11 is 0.